The highest BCUT2D eigenvalue weighted by atomic mass is 16.3. The summed E-state index contributed by atoms with van der Waals surface area (Å²) >= 11 is 0. The van der Waals surface area contributed by atoms with Gasteiger partial charge in [-0.05, 0) is 65.8 Å². The third kappa shape index (κ3) is 6.23. The van der Waals surface area contributed by atoms with Gasteiger partial charge in [-0.1, -0.05) is 55.5 Å². The number of nitrogens with two attached hydrogens (primary N) is 1. The number of nitrogens with one attached hydrogen (secondary N) is 1. The van der Waals surface area contributed by atoms with Crippen molar-refractivity contribution in [1.29, 1.82) is 0 Å². The lowest BCUT2D eigenvalue weighted by Crippen LogP contribution is -2.53. The minimum atomic E-state index is -0.733. The van der Waals surface area contributed by atoms with Crippen molar-refractivity contribution in [1.82, 2.24) is 10.2 Å². The van der Waals surface area contributed by atoms with Crippen LogP contribution in [0.3, 0.4) is 0 Å². The second-order valence-electron chi connectivity index (χ2n) is 9.59. The average molecular weight is 488 g/mol. The Morgan fingerprint density at radius 2 is 1.47 bits per heavy atom. The number of aromatic hydroxyl groups is 2. The Morgan fingerprint density at radius 1 is 0.917 bits per heavy atom. The van der Waals surface area contributed by atoms with Crippen LogP contribution in [-0.4, -0.2) is 45.6 Å². The van der Waals surface area contributed by atoms with Gasteiger partial charge in [0, 0.05) is 19.0 Å². The largest absolute Gasteiger partial charge is 0.508 e. The molecule has 4 rings (SSSR count). The molecule has 0 aliphatic carbocycles. The molecule has 5 N–H and O–H groups in total. The number of hydrogen-bond donors (Lipinski definition) is 4. The van der Waals surface area contributed by atoms with E-state index in [1.807, 2.05) is 42.2 Å². The zero-order valence-corrected chi connectivity index (χ0v) is 20.4. The molecule has 3 aromatic carbocycles. The average Bonchev–Trinajstić information content (AvgIpc) is 2.88. The minimum absolute atomic E-state index is 0.0326. The maximum absolute atomic E-state index is 13.6. The Bertz CT molecular complexity index is 1190. The van der Waals surface area contributed by atoms with Crippen molar-refractivity contribution in [2.24, 2.45) is 11.7 Å². The van der Waals surface area contributed by atoms with E-state index in [0.717, 1.165) is 16.7 Å². The molecule has 0 unspecified atom stereocenters. The molecule has 1 aliphatic rings. The number of phenolic OH excluding ortho intramolecular Hbond substituents is 2. The first-order valence-electron chi connectivity index (χ1n) is 12.3. The fraction of sp³-hybridized carbons (Fsp3) is 0.310. The van der Waals surface area contributed by atoms with Gasteiger partial charge >= 0.3 is 0 Å². The highest BCUT2D eigenvalue weighted by Crippen LogP contribution is 2.26. The van der Waals surface area contributed by atoms with Crippen LogP contribution in [0.2, 0.25) is 0 Å². The summed E-state index contributed by atoms with van der Waals surface area (Å²) in [6, 6.07) is 20.7. The molecule has 0 radical (unpaired) electrons. The Balaban J connectivity index is 1.43. The van der Waals surface area contributed by atoms with E-state index < -0.39 is 6.04 Å². The van der Waals surface area contributed by atoms with E-state index >= 15 is 0 Å². The summed E-state index contributed by atoms with van der Waals surface area (Å²) in [4.78, 5) is 28.2. The summed E-state index contributed by atoms with van der Waals surface area (Å²) in [5.74, 6) is -0.130. The molecular weight excluding hydrogens is 454 g/mol. The van der Waals surface area contributed by atoms with E-state index in [0.29, 0.717) is 32.4 Å². The Morgan fingerprint density at radius 3 is 2.08 bits per heavy atom. The predicted octanol–water partition coefficient (Wildman–Crippen LogP) is 2.92. The van der Waals surface area contributed by atoms with E-state index in [9.17, 15) is 19.8 Å². The second-order valence-corrected chi connectivity index (χ2v) is 9.59. The van der Waals surface area contributed by atoms with Crippen LogP contribution in [-0.2, 0) is 35.4 Å². The van der Waals surface area contributed by atoms with E-state index in [1.165, 1.54) is 5.56 Å². The molecule has 0 spiro atoms. The molecule has 1 aliphatic heterocycles. The summed E-state index contributed by atoms with van der Waals surface area (Å²) in [6.45, 7) is 2.72. The lowest BCUT2D eigenvalue weighted by atomic mass is 9.91. The monoisotopic (exact) mass is 487 g/mol. The van der Waals surface area contributed by atoms with Gasteiger partial charge in [-0.3, -0.25) is 9.59 Å². The summed E-state index contributed by atoms with van der Waals surface area (Å²) in [5, 5.41) is 21.9. The van der Waals surface area contributed by atoms with Gasteiger partial charge in [0.2, 0.25) is 11.8 Å². The van der Waals surface area contributed by atoms with Gasteiger partial charge in [0.1, 0.15) is 11.5 Å². The number of phenols is 2. The molecule has 3 atom stereocenters. The molecule has 0 aromatic heterocycles. The van der Waals surface area contributed by atoms with Crippen LogP contribution in [0.1, 0.15) is 29.2 Å². The number of fused-ring (bicyclic) bond motifs is 1. The SMILES string of the molecule is C[C@@H](Cc1ccc(O)cc1)C(=O)N1Cc2ccccc2C[C@H]1CNC(=O)[C@@H](N)Cc1ccc(O)cc1. The van der Waals surface area contributed by atoms with Gasteiger partial charge in [-0.25, -0.2) is 0 Å². The standard InChI is InChI=1S/C29H33N3O4/c1-19(14-20-6-10-25(33)11-7-20)29(36)32-18-23-5-3-2-4-22(23)16-24(32)17-31-28(35)27(30)15-21-8-12-26(34)13-9-21/h2-13,19,24,27,33-34H,14-18,30H2,1H3,(H,31,35)/t19-,24-,27-/m0/s1. The van der Waals surface area contributed by atoms with Gasteiger partial charge < -0.3 is 26.2 Å². The molecular formula is C29H33N3O4. The topological polar surface area (TPSA) is 116 Å². The van der Waals surface area contributed by atoms with E-state index in [2.05, 4.69) is 11.4 Å². The highest BCUT2D eigenvalue weighted by molar-refractivity contribution is 5.82. The van der Waals surface area contributed by atoms with E-state index in [1.54, 1.807) is 36.4 Å². The van der Waals surface area contributed by atoms with Gasteiger partial charge in [0.25, 0.3) is 0 Å². The number of carbonyl (C=O) groups is 2. The molecule has 2 amide bonds. The van der Waals surface area contributed by atoms with E-state index in [-0.39, 0.29) is 35.3 Å². The lowest BCUT2D eigenvalue weighted by Gasteiger charge is -2.38. The highest BCUT2D eigenvalue weighted by Gasteiger charge is 2.32. The Labute approximate surface area is 211 Å². The molecule has 7 nitrogen and oxygen atoms in total. The number of carbonyl (C=O) groups excluding carboxylic acids is 2. The van der Waals surface area contributed by atoms with Crippen molar-refractivity contribution < 1.29 is 19.8 Å². The molecule has 0 saturated carbocycles. The molecule has 3 aromatic rings. The number of rotatable bonds is 8. The van der Waals surface area contributed by atoms with Crippen molar-refractivity contribution in [3.8, 4) is 11.5 Å². The van der Waals surface area contributed by atoms with Crippen molar-refractivity contribution in [2.75, 3.05) is 6.54 Å². The van der Waals surface area contributed by atoms with E-state index in [4.69, 9.17) is 5.73 Å². The van der Waals surface area contributed by atoms with Crippen LogP contribution in [0, 0.1) is 5.92 Å². The molecule has 7 heteroatoms. The Hall–Kier alpha value is -3.84. The summed E-state index contributed by atoms with van der Waals surface area (Å²) < 4.78 is 0. The van der Waals surface area contributed by atoms with Crippen LogP contribution in [0.25, 0.3) is 0 Å². The molecule has 188 valence electrons. The molecule has 0 fully saturated rings. The van der Waals surface area contributed by atoms with Crippen LogP contribution >= 0.6 is 0 Å². The van der Waals surface area contributed by atoms with Crippen LogP contribution in [0.15, 0.2) is 72.8 Å². The predicted molar refractivity (Wildman–Crippen MR) is 138 cm³/mol. The van der Waals surface area contributed by atoms with Crippen LogP contribution in [0.5, 0.6) is 11.5 Å². The lowest BCUT2D eigenvalue weighted by molar-refractivity contribution is -0.139. The molecule has 0 saturated heterocycles. The fourth-order valence-electron chi connectivity index (χ4n) is 4.71. The Kier molecular flexibility index (Phi) is 7.90. The fourth-order valence-corrected chi connectivity index (χ4v) is 4.71. The normalized spacial score (nSPS) is 16.6. The van der Waals surface area contributed by atoms with Crippen LogP contribution < -0.4 is 11.1 Å². The number of hydrogen-bond acceptors (Lipinski definition) is 5. The quantitative estimate of drug-likeness (QED) is 0.390. The zero-order chi connectivity index (χ0) is 25.7. The first-order valence-corrected chi connectivity index (χ1v) is 12.3. The van der Waals surface area contributed by atoms with Gasteiger partial charge in [-0.15, -0.1) is 0 Å². The van der Waals surface area contributed by atoms with Crippen molar-refractivity contribution in [3.63, 3.8) is 0 Å². The number of amides is 2. The maximum Gasteiger partial charge on any atom is 0.237 e. The maximum atomic E-state index is 13.6. The third-order valence-electron chi connectivity index (χ3n) is 6.78. The second kappa shape index (κ2) is 11.3. The van der Waals surface area contributed by atoms with Crippen molar-refractivity contribution in [3.05, 3.63) is 95.1 Å². The minimum Gasteiger partial charge on any atom is -0.508 e. The summed E-state index contributed by atoms with van der Waals surface area (Å²) in [6.07, 6.45) is 1.57. The summed E-state index contributed by atoms with van der Waals surface area (Å²) in [5.41, 5.74) is 10.3. The smallest absolute Gasteiger partial charge is 0.237 e. The van der Waals surface area contributed by atoms with Crippen molar-refractivity contribution >= 4 is 11.8 Å². The first kappa shape index (κ1) is 25.3. The molecule has 1 heterocycles. The third-order valence-corrected chi connectivity index (χ3v) is 6.78. The molecule has 0 bridgehead atoms. The number of benzene rings is 3. The van der Waals surface area contributed by atoms with Crippen molar-refractivity contribution in [2.45, 2.75) is 44.8 Å². The van der Waals surface area contributed by atoms with Gasteiger partial charge in [0.05, 0.1) is 12.1 Å². The van der Waals surface area contributed by atoms with Crippen LogP contribution in [0.4, 0.5) is 0 Å². The zero-order valence-electron chi connectivity index (χ0n) is 20.4. The first-order chi connectivity index (χ1) is 17.3. The summed E-state index contributed by atoms with van der Waals surface area (Å²) in [7, 11) is 0. The van der Waals surface area contributed by atoms with Gasteiger partial charge in [0.15, 0.2) is 0 Å². The molecule has 36 heavy (non-hydrogen) atoms. The van der Waals surface area contributed by atoms with Gasteiger partial charge in [-0.2, -0.15) is 0 Å². The number of nitrogens with zero attached hydrogens (tertiary/aromatic N) is 1.